The summed E-state index contributed by atoms with van der Waals surface area (Å²) in [6.45, 7) is 4.28. The largest absolute Gasteiger partial charge is 0.466 e. The first-order valence-corrected chi connectivity index (χ1v) is 12.8. The molecule has 10 nitrogen and oxygen atoms in total. The number of benzene rings is 2. The van der Waals surface area contributed by atoms with E-state index in [0.717, 1.165) is 58.9 Å². The fourth-order valence-electron chi connectivity index (χ4n) is 5.53. The van der Waals surface area contributed by atoms with Crippen LogP contribution in [0.2, 0.25) is 0 Å². The third-order valence-electron chi connectivity index (χ3n) is 7.32. The molecule has 190 valence electrons. The number of imidazole rings is 1. The molecule has 6 rings (SSSR count). The number of esters is 1. The number of nitrogens with zero attached hydrogens (tertiary/aromatic N) is 5. The lowest BCUT2D eigenvalue weighted by atomic mass is 9.84. The maximum absolute atomic E-state index is 12.9. The van der Waals surface area contributed by atoms with Crippen molar-refractivity contribution in [3.05, 3.63) is 65.9 Å². The standard InChI is InChI=1S/C27H30N8O2/c1-3-37-27(36)19-6-4-5-7-24(19)35-26(32-33-34-35)25(20-14-28-22-12-16(2)8-10-18(20)22)31-17-9-11-21-23(13-17)30-15-29-21/h8-15,19,24-25,28,31H,3-7H2,1-2H3,(H,29,30). The zero-order chi connectivity index (χ0) is 25.4. The number of H-pyrrole nitrogens is 2. The lowest BCUT2D eigenvalue weighted by molar-refractivity contribution is -0.151. The van der Waals surface area contributed by atoms with Crippen molar-refractivity contribution in [3.63, 3.8) is 0 Å². The highest BCUT2D eigenvalue weighted by Crippen LogP contribution is 2.38. The number of hydrogen-bond donors (Lipinski definition) is 3. The van der Waals surface area contributed by atoms with Crippen LogP contribution in [0.15, 0.2) is 48.9 Å². The maximum atomic E-state index is 12.9. The van der Waals surface area contributed by atoms with Crippen LogP contribution in [-0.2, 0) is 9.53 Å². The van der Waals surface area contributed by atoms with Crippen molar-refractivity contribution in [1.82, 2.24) is 35.2 Å². The average molecular weight is 499 g/mol. The van der Waals surface area contributed by atoms with E-state index in [1.54, 1.807) is 6.33 Å². The fourth-order valence-corrected chi connectivity index (χ4v) is 5.53. The number of carbonyl (C=O) groups is 1. The Bertz CT molecular complexity index is 1550. The molecule has 0 spiro atoms. The highest BCUT2D eigenvalue weighted by Gasteiger charge is 2.37. The molecule has 0 saturated heterocycles. The number of aryl methyl sites for hydroxylation is 1. The van der Waals surface area contributed by atoms with Gasteiger partial charge in [-0.25, -0.2) is 9.67 Å². The number of nitrogens with one attached hydrogen (secondary N) is 3. The molecule has 0 bridgehead atoms. The number of carbonyl (C=O) groups excluding carboxylic acids is 1. The van der Waals surface area contributed by atoms with Crippen molar-refractivity contribution < 1.29 is 9.53 Å². The maximum Gasteiger partial charge on any atom is 0.311 e. The molecule has 1 saturated carbocycles. The summed E-state index contributed by atoms with van der Waals surface area (Å²) in [6.07, 6.45) is 7.29. The van der Waals surface area contributed by atoms with Gasteiger partial charge in [0, 0.05) is 28.4 Å². The van der Waals surface area contributed by atoms with Gasteiger partial charge in [-0.2, -0.15) is 0 Å². The van der Waals surface area contributed by atoms with Gasteiger partial charge in [-0.05, 0) is 66.9 Å². The number of hydrogen-bond acceptors (Lipinski definition) is 7. The lowest BCUT2D eigenvalue weighted by Gasteiger charge is -2.31. The van der Waals surface area contributed by atoms with Crippen molar-refractivity contribution in [2.75, 3.05) is 11.9 Å². The van der Waals surface area contributed by atoms with Crippen LogP contribution in [0.25, 0.3) is 21.9 Å². The predicted octanol–water partition coefficient (Wildman–Crippen LogP) is 4.84. The van der Waals surface area contributed by atoms with E-state index in [-0.39, 0.29) is 24.0 Å². The second-order valence-electron chi connectivity index (χ2n) is 9.70. The monoisotopic (exact) mass is 498 g/mol. The number of ether oxygens (including phenoxy) is 1. The molecule has 5 aromatic rings. The van der Waals surface area contributed by atoms with Crippen LogP contribution >= 0.6 is 0 Å². The molecule has 1 fully saturated rings. The molecular weight excluding hydrogens is 468 g/mol. The first-order valence-electron chi connectivity index (χ1n) is 12.8. The van der Waals surface area contributed by atoms with Crippen molar-refractivity contribution in [1.29, 1.82) is 0 Å². The first kappa shape index (κ1) is 23.2. The molecule has 2 aromatic carbocycles. The Balaban J connectivity index is 1.45. The minimum Gasteiger partial charge on any atom is -0.466 e. The van der Waals surface area contributed by atoms with Gasteiger partial charge in [0.1, 0.15) is 6.04 Å². The van der Waals surface area contributed by atoms with Crippen molar-refractivity contribution >= 4 is 33.6 Å². The van der Waals surface area contributed by atoms with Crippen molar-refractivity contribution in [2.24, 2.45) is 5.92 Å². The normalized spacial score (nSPS) is 18.8. The molecule has 3 N–H and O–H groups in total. The summed E-state index contributed by atoms with van der Waals surface area (Å²) in [5.41, 5.74) is 5.98. The summed E-state index contributed by atoms with van der Waals surface area (Å²) in [7, 11) is 0. The Morgan fingerprint density at radius 1 is 1.16 bits per heavy atom. The van der Waals surface area contributed by atoms with Crippen LogP contribution in [0.3, 0.4) is 0 Å². The quantitative estimate of drug-likeness (QED) is 0.274. The minimum atomic E-state index is -0.368. The Hall–Kier alpha value is -4.21. The molecule has 10 heteroatoms. The molecule has 37 heavy (non-hydrogen) atoms. The number of tetrazole rings is 1. The number of anilines is 1. The van der Waals surface area contributed by atoms with Crippen LogP contribution in [0, 0.1) is 12.8 Å². The third-order valence-corrected chi connectivity index (χ3v) is 7.32. The summed E-state index contributed by atoms with van der Waals surface area (Å²) in [6, 6.07) is 11.9. The van der Waals surface area contributed by atoms with Gasteiger partial charge >= 0.3 is 5.97 Å². The molecule has 0 amide bonds. The molecule has 3 heterocycles. The first-order chi connectivity index (χ1) is 18.1. The van der Waals surface area contributed by atoms with Crippen LogP contribution in [0.5, 0.6) is 0 Å². The van der Waals surface area contributed by atoms with Gasteiger partial charge in [-0.15, -0.1) is 5.10 Å². The summed E-state index contributed by atoms with van der Waals surface area (Å²) in [5, 5.41) is 17.8. The predicted molar refractivity (Wildman–Crippen MR) is 140 cm³/mol. The number of fused-ring (bicyclic) bond motifs is 2. The summed E-state index contributed by atoms with van der Waals surface area (Å²) in [4.78, 5) is 23.8. The van der Waals surface area contributed by atoms with Crippen LogP contribution in [0.1, 0.15) is 61.6 Å². The molecule has 3 unspecified atom stereocenters. The summed E-state index contributed by atoms with van der Waals surface area (Å²) < 4.78 is 7.27. The van der Waals surface area contributed by atoms with Gasteiger partial charge in [-0.1, -0.05) is 25.0 Å². The highest BCUT2D eigenvalue weighted by molar-refractivity contribution is 5.85. The molecule has 1 aliphatic carbocycles. The Morgan fingerprint density at radius 3 is 2.95 bits per heavy atom. The Morgan fingerprint density at radius 2 is 2.05 bits per heavy atom. The fraction of sp³-hybridized carbons (Fsp3) is 0.370. The van der Waals surface area contributed by atoms with Gasteiger partial charge in [-0.3, -0.25) is 4.79 Å². The molecule has 0 aliphatic heterocycles. The number of aromatic nitrogens is 7. The minimum absolute atomic E-state index is 0.164. The second-order valence-corrected chi connectivity index (χ2v) is 9.70. The molecule has 3 atom stereocenters. The number of rotatable bonds is 7. The summed E-state index contributed by atoms with van der Waals surface area (Å²) in [5.74, 6) is 0.206. The van der Waals surface area contributed by atoms with E-state index in [2.05, 4.69) is 60.9 Å². The molecule has 3 aromatic heterocycles. The van der Waals surface area contributed by atoms with Gasteiger partial charge in [0.25, 0.3) is 0 Å². The molecular formula is C27H30N8O2. The topological polar surface area (TPSA) is 126 Å². The van der Waals surface area contributed by atoms with Crippen molar-refractivity contribution in [2.45, 2.75) is 51.6 Å². The van der Waals surface area contributed by atoms with Crippen LogP contribution in [0.4, 0.5) is 5.69 Å². The third kappa shape index (κ3) is 4.32. The van der Waals surface area contributed by atoms with E-state index in [0.29, 0.717) is 12.4 Å². The second kappa shape index (κ2) is 9.68. The molecule has 0 radical (unpaired) electrons. The number of aromatic amines is 2. The van der Waals surface area contributed by atoms with E-state index in [9.17, 15) is 4.79 Å². The summed E-state index contributed by atoms with van der Waals surface area (Å²) >= 11 is 0. The van der Waals surface area contributed by atoms with Gasteiger partial charge in [0.2, 0.25) is 0 Å². The zero-order valence-corrected chi connectivity index (χ0v) is 20.9. The van der Waals surface area contributed by atoms with E-state index >= 15 is 0 Å². The van der Waals surface area contributed by atoms with Crippen LogP contribution < -0.4 is 5.32 Å². The smallest absolute Gasteiger partial charge is 0.311 e. The lowest BCUT2D eigenvalue weighted by Crippen LogP contribution is -2.33. The Kier molecular flexibility index (Phi) is 6.07. The zero-order valence-electron chi connectivity index (χ0n) is 20.9. The van der Waals surface area contributed by atoms with E-state index in [1.165, 1.54) is 5.56 Å². The van der Waals surface area contributed by atoms with Gasteiger partial charge < -0.3 is 20.0 Å². The Labute approximate surface area is 213 Å². The molecule has 1 aliphatic rings. The average Bonchev–Trinajstić information content (AvgIpc) is 3.66. The SMILES string of the molecule is CCOC(=O)C1CCCCC1n1nnnc1C(Nc1ccc2[nH]cnc2c1)c1c[nH]c2cc(C)ccc12. The van der Waals surface area contributed by atoms with E-state index in [4.69, 9.17) is 4.74 Å². The van der Waals surface area contributed by atoms with Crippen LogP contribution in [-0.4, -0.2) is 47.7 Å². The van der Waals surface area contributed by atoms with E-state index in [1.807, 2.05) is 36.0 Å². The van der Waals surface area contributed by atoms with Gasteiger partial charge in [0.15, 0.2) is 5.82 Å². The van der Waals surface area contributed by atoms with Crippen molar-refractivity contribution in [3.8, 4) is 0 Å². The van der Waals surface area contributed by atoms with Gasteiger partial charge in [0.05, 0.1) is 35.9 Å². The van der Waals surface area contributed by atoms with E-state index < -0.39 is 0 Å². The highest BCUT2D eigenvalue weighted by atomic mass is 16.5.